The van der Waals surface area contributed by atoms with Gasteiger partial charge >= 0.3 is 0 Å². The lowest BCUT2D eigenvalue weighted by Gasteiger charge is -2.03. The molecule has 1 aromatic heterocycles. The summed E-state index contributed by atoms with van der Waals surface area (Å²) in [6, 6.07) is 5.96. The molecule has 1 N–H and O–H groups in total. The molecule has 0 saturated heterocycles. The minimum absolute atomic E-state index is 0.601. The van der Waals surface area contributed by atoms with E-state index in [-0.39, 0.29) is 0 Å². The Morgan fingerprint density at radius 1 is 1.46 bits per heavy atom. The number of nitrogens with one attached hydrogen (secondary N) is 1. The van der Waals surface area contributed by atoms with Gasteiger partial charge in [0.25, 0.3) is 0 Å². The minimum Gasteiger partial charge on any atom is -0.374 e. The zero-order chi connectivity index (χ0) is 9.52. The number of aryl methyl sites for hydroxylation is 1. The summed E-state index contributed by atoms with van der Waals surface area (Å²) in [5, 5.41) is 3.02. The number of pyridine rings is 1. The van der Waals surface area contributed by atoms with Crippen LogP contribution in [0.15, 0.2) is 18.2 Å². The predicted molar refractivity (Wildman–Crippen MR) is 52.6 cm³/mol. The van der Waals surface area contributed by atoms with Crippen LogP contribution in [0.3, 0.4) is 0 Å². The maximum Gasteiger partial charge on any atom is 0.0888 e. The van der Waals surface area contributed by atoms with Crippen LogP contribution in [0.4, 0.5) is 0 Å². The second-order valence-corrected chi connectivity index (χ2v) is 2.93. The molecule has 0 aliphatic heterocycles. The average molecular weight is 180 g/mol. The lowest BCUT2D eigenvalue weighted by Crippen LogP contribution is -2.14. The standard InChI is InChI=1S/C10H16N2O/c1-9-4-3-5-10(12-9)8-13-7-6-11-2/h3-5,11H,6-8H2,1-2H3. The lowest BCUT2D eigenvalue weighted by molar-refractivity contribution is 0.121. The van der Waals surface area contributed by atoms with Crippen molar-refractivity contribution in [3.8, 4) is 0 Å². The van der Waals surface area contributed by atoms with Gasteiger partial charge in [0, 0.05) is 12.2 Å². The van der Waals surface area contributed by atoms with E-state index in [0.717, 1.165) is 24.5 Å². The van der Waals surface area contributed by atoms with Gasteiger partial charge in [-0.2, -0.15) is 0 Å². The van der Waals surface area contributed by atoms with Crippen LogP contribution in [-0.4, -0.2) is 25.2 Å². The first-order valence-corrected chi connectivity index (χ1v) is 4.48. The Morgan fingerprint density at radius 2 is 2.31 bits per heavy atom. The summed E-state index contributed by atoms with van der Waals surface area (Å²) in [6.45, 7) is 4.19. The summed E-state index contributed by atoms with van der Waals surface area (Å²) in [6.07, 6.45) is 0. The molecule has 0 atom stereocenters. The second-order valence-electron chi connectivity index (χ2n) is 2.93. The summed E-state index contributed by atoms with van der Waals surface area (Å²) >= 11 is 0. The molecule has 0 unspecified atom stereocenters. The van der Waals surface area contributed by atoms with Gasteiger partial charge in [-0.3, -0.25) is 4.98 Å². The van der Waals surface area contributed by atoms with Crippen molar-refractivity contribution in [3.63, 3.8) is 0 Å². The van der Waals surface area contributed by atoms with Crippen LogP contribution >= 0.6 is 0 Å². The normalized spacial score (nSPS) is 10.3. The number of aromatic nitrogens is 1. The van der Waals surface area contributed by atoms with Gasteiger partial charge in [0.15, 0.2) is 0 Å². The second kappa shape index (κ2) is 5.67. The molecule has 0 amide bonds. The average Bonchev–Trinajstić information content (AvgIpc) is 2.13. The quantitative estimate of drug-likeness (QED) is 0.690. The minimum atomic E-state index is 0.601. The van der Waals surface area contributed by atoms with Crippen LogP contribution in [0.2, 0.25) is 0 Å². The van der Waals surface area contributed by atoms with E-state index in [0.29, 0.717) is 6.61 Å². The zero-order valence-electron chi connectivity index (χ0n) is 8.21. The Hall–Kier alpha value is -0.930. The molecule has 1 aromatic rings. The van der Waals surface area contributed by atoms with Crippen molar-refractivity contribution < 1.29 is 4.74 Å². The van der Waals surface area contributed by atoms with Crippen LogP contribution < -0.4 is 5.32 Å². The number of ether oxygens (including phenoxy) is 1. The third kappa shape index (κ3) is 4.01. The number of likely N-dealkylation sites (N-methyl/N-ethyl adjacent to an activating group) is 1. The Balaban J connectivity index is 2.28. The van der Waals surface area contributed by atoms with E-state index >= 15 is 0 Å². The molecule has 0 aromatic carbocycles. The van der Waals surface area contributed by atoms with Crippen LogP contribution in [0, 0.1) is 6.92 Å². The maximum absolute atomic E-state index is 5.39. The van der Waals surface area contributed by atoms with Gasteiger partial charge in [-0.15, -0.1) is 0 Å². The molecule has 0 saturated carbocycles. The topological polar surface area (TPSA) is 34.1 Å². The monoisotopic (exact) mass is 180 g/mol. The van der Waals surface area contributed by atoms with Crippen molar-refractivity contribution in [2.75, 3.05) is 20.2 Å². The van der Waals surface area contributed by atoms with Crippen molar-refractivity contribution in [2.45, 2.75) is 13.5 Å². The van der Waals surface area contributed by atoms with E-state index in [1.165, 1.54) is 0 Å². The molecule has 1 heterocycles. The van der Waals surface area contributed by atoms with E-state index in [9.17, 15) is 0 Å². The van der Waals surface area contributed by atoms with Crippen molar-refractivity contribution in [2.24, 2.45) is 0 Å². The fraction of sp³-hybridized carbons (Fsp3) is 0.500. The smallest absolute Gasteiger partial charge is 0.0888 e. The van der Waals surface area contributed by atoms with E-state index in [4.69, 9.17) is 4.74 Å². The van der Waals surface area contributed by atoms with Crippen molar-refractivity contribution in [1.29, 1.82) is 0 Å². The Bertz CT molecular complexity index is 250. The summed E-state index contributed by atoms with van der Waals surface area (Å²) in [4.78, 5) is 4.33. The van der Waals surface area contributed by atoms with E-state index in [1.54, 1.807) is 0 Å². The summed E-state index contributed by atoms with van der Waals surface area (Å²) in [5.74, 6) is 0. The molecule has 0 bridgehead atoms. The highest BCUT2D eigenvalue weighted by molar-refractivity contribution is 5.08. The van der Waals surface area contributed by atoms with Gasteiger partial charge in [0.1, 0.15) is 0 Å². The van der Waals surface area contributed by atoms with Gasteiger partial charge in [-0.05, 0) is 26.1 Å². The third-order valence-electron chi connectivity index (χ3n) is 1.69. The van der Waals surface area contributed by atoms with Crippen LogP contribution in [0.5, 0.6) is 0 Å². The van der Waals surface area contributed by atoms with Gasteiger partial charge in [-0.1, -0.05) is 6.07 Å². The summed E-state index contributed by atoms with van der Waals surface area (Å²) < 4.78 is 5.39. The highest BCUT2D eigenvalue weighted by atomic mass is 16.5. The molecule has 3 heteroatoms. The highest BCUT2D eigenvalue weighted by Crippen LogP contribution is 1.99. The number of hydrogen-bond acceptors (Lipinski definition) is 3. The fourth-order valence-corrected chi connectivity index (χ4v) is 1.03. The fourth-order valence-electron chi connectivity index (χ4n) is 1.03. The van der Waals surface area contributed by atoms with Crippen LogP contribution in [0.25, 0.3) is 0 Å². The Labute approximate surface area is 79.1 Å². The van der Waals surface area contributed by atoms with Gasteiger partial charge < -0.3 is 10.1 Å². The lowest BCUT2D eigenvalue weighted by atomic mass is 10.3. The highest BCUT2D eigenvalue weighted by Gasteiger charge is 1.93. The van der Waals surface area contributed by atoms with E-state index < -0.39 is 0 Å². The number of nitrogens with zero attached hydrogens (tertiary/aromatic N) is 1. The molecule has 0 radical (unpaired) electrons. The Morgan fingerprint density at radius 3 is 3.00 bits per heavy atom. The van der Waals surface area contributed by atoms with Crippen LogP contribution in [-0.2, 0) is 11.3 Å². The molecule has 0 aliphatic rings. The first kappa shape index (κ1) is 10.2. The zero-order valence-corrected chi connectivity index (χ0v) is 8.21. The molecule has 1 rings (SSSR count). The SMILES string of the molecule is CNCCOCc1cccc(C)n1. The van der Waals surface area contributed by atoms with E-state index in [1.807, 2.05) is 32.2 Å². The van der Waals surface area contributed by atoms with Crippen molar-refractivity contribution >= 4 is 0 Å². The van der Waals surface area contributed by atoms with Crippen molar-refractivity contribution in [3.05, 3.63) is 29.6 Å². The largest absolute Gasteiger partial charge is 0.374 e. The first-order valence-electron chi connectivity index (χ1n) is 4.48. The molecule has 0 spiro atoms. The molecule has 3 nitrogen and oxygen atoms in total. The molecular formula is C10H16N2O. The molecule has 72 valence electrons. The Kier molecular flexibility index (Phi) is 4.43. The molecular weight excluding hydrogens is 164 g/mol. The summed E-state index contributed by atoms with van der Waals surface area (Å²) in [5.41, 5.74) is 2.03. The van der Waals surface area contributed by atoms with Gasteiger partial charge in [0.2, 0.25) is 0 Å². The molecule has 13 heavy (non-hydrogen) atoms. The van der Waals surface area contributed by atoms with E-state index in [2.05, 4.69) is 10.3 Å². The van der Waals surface area contributed by atoms with Gasteiger partial charge in [0.05, 0.1) is 18.9 Å². The first-order chi connectivity index (χ1) is 6.33. The van der Waals surface area contributed by atoms with Gasteiger partial charge in [-0.25, -0.2) is 0 Å². The number of hydrogen-bond donors (Lipinski definition) is 1. The summed E-state index contributed by atoms with van der Waals surface area (Å²) in [7, 11) is 1.91. The maximum atomic E-state index is 5.39. The molecule has 0 aliphatic carbocycles. The van der Waals surface area contributed by atoms with Crippen molar-refractivity contribution in [1.82, 2.24) is 10.3 Å². The van der Waals surface area contributed by atoms with Crippen LogP contribution in [0.1, 0.15) is 11.4 Å². The molecule has 0 fully saturated rings. The number of rotatable bonds is 5. The third-order valence-corrected chi connectivity index (χ3v) is 1.69. The predicted octanol–water partition coefficient (Wildman–Crippen LogP) is 1.13.